The van der Waals surface area contributed by atoms with E-state index >= 15 is 0 Å². The van der Waals surface area contributed by atoms with Crippen molar-refractivity contribution in [3.63, 3.8) is 0 Å². The van der Waals surface area contributed by atoms with Crippen molar-refractivity contribution in [3.8, 4) is 0 Å². The highest BCUT2D eigenvalue weighted by molar-refractivity contribution is 7.95. The molecule has 1 unspecified atom stereocenters. The molecule has 0 amide bonds. The van der Waals surface area contributed by atoms with Gasteiger partial charge < -0.3 is 4.90 Å². The van der Waals surface area contributed by atoms with Crippen LogP contribution >= 0.6 is 12.1 Å². The molecular formula is C9H14N6S. The van der Waals surface area contributed by atoms with Gasteiger partial charge in [-0.05, 0) is 6.07 Å². The Bertz CT molecular complexity index is 396. The highest BCUT2D eigenvalue weighted by Gasteiger charge is 2.39. The molecule has 3 N–H and O–H groups in total. The van der Waals surface area contributed by atoms with Crippen LogP contribution in [0.5, 0.6) is 0 Å². The predicted octanol–water partition coefficient (Wildman–Crippen LogP) is -0.199. The largest absolute Gasteiger partial charge is 0.355 e. The second-order valence-corrected chi connectivity index (χ2v) is 5.02. The van der Waals surface area contributed by atoms with Crippen LogP contribution in [0.15, 0.2) is 12.3 Å². The van der Waals surface area contributed by atoms with Gasteiger partial charge in [0.1, 0.15) is 0 Å². The zero-order valence-corrected chi connectivity index (χ0v) is 9.63. The highest BCUT2D eigenvalue weighted by Crippen LogP contribution is 2.23. The van der Waals surface area contributed by atoms with E-state index in [4.69, 9.17) is 5.41 Å². The molecule has 2 aliphatic heterocycles. The van der Waals surface area contributed by atoms with Gasteiger partial charge in [-0.2, -0.15) is 5.10 Å². The van der Waals surface area contributed by atoms with Gasteiger partial charge in [0.05, 0.1) is 30.7 Å². The second kappa shape index (κ2) is 3.76. The molecule has 16 heavy (non-hydrogen) atoms. The lowest BCUT2D eigenvalue weighted by molar-refractivity contribution is 0.282. The number of fused-ring (bicyclic) bond motifs is 1. The van der Waals surface area contributed by atoms with Crippen LogP contribution in [-0.4, -0.2) is 39.6 Å². The van der Waals surface area contributed by atoms with Crippen LogP contribution in [-0.2, 0) is 13.1 Å². The number of hydrogen-bond acceptors (Lipinski definition) is 5. The topological polar surface area (TPSA) is 69.0 Å². The smallest absolute Gasteiger partial charge is 0.0821 e. The second-order valence-electron chi connectivity index (χ2n) is 4.32. The summed E-state index contributed by atoms with van der Waals surface area (Å²) in [5.74, 6) is 0. The Morgan fingerprint density at radius 1 is 1.56 bits per heavy atom. The van der Waals surface area contributed by atoms with Gasteiger partial charge in [-0.3, -0.25) is 10.1 Å². The fourth-order valence-corrected chi connectivity index (χ4v) is 3.09. The van der Waals surface area contributed by atoms with Crippen LogP contribution in [0.1, 0.15) is 5.69 Å². The molecule has 1 aromatic heterocycles. The summed E-state index contributed by atoms with van der Waals surface area (Å²) in [4.78, 5) is 2.01. The molecule has 86 valence electrons. The van der Waals surface area contributed by atoms with Gasteiger partial charge in [-0.15, -0.1) is 0 Å². The van der Waals surface area contributed by atoms with Crippen molar-refractivity contribution in [2.75, 3.05) is 13.1 Å². The fraction of sp³-hybridized carbons (Fsp3) is 0.556. The quantitative estimate of drug-likeness (QED) is 0.359. The van der Waals surface area contributed by atoms with Crippen LogP contribution in [0.2, 0.25) is 0 Å². The predicted molar refractivity (Wildman–Crippen MR) is 62.9 cm³/mol. The monoisotopic (exact) mass is 238 g/mol. The van der Waals surface area contributed by atoms with Crippen molar-refractivity contribution in [2.45, 2.75) is 18.6 Å². The van der Waals surface area contributed by atoms with Crippen LogP contribution < -0.4 is 9.44 Å². The van der Waals surface area contributed by atoms with E-state index < -0.39 is 0 Å². The fourth-order valence-electron chi connectivity index (χ4n) is 2.25. The number of hydrogen-bond donors (Lipinski definition) is 3. The lowest BCUT2D eigenvalue weighted by atomic mass is 10.0. The zero-order chi connectivity index (χ0) is 11.0. The molecule has 6 nitrogen and oxygen atoms in total. The van der Waals surface area contributed by atoms with Crippen LogP contribution in [0, 0.1) is 5.41 Å². The first-order chi connectivity index (χ1) is 7.81. The molecule has 3 heterocycles. The lowest BCUT2D eigenvalue weighted by Gasteiger charge is -2.29. The van der Waals surface area contributed by atoms with Gasteiger partial charge in [-0.25, -0.2) is 9.44 Å². The van der Waals surface area contributed by atoms with Crippen molar-refractivity contribution in [1.82, 2.24) is 24.1 Å². The molecule has 1 aromatic rings. The van der Waals surface area contributed by atoms with Gasteiger partial charge in [0.25, 0.3) is 0 Å². The molecule has 3 rings (SSSR count). The van der Waals surface area contributed by atoms with Crippen LogP contribution in [0.25, 0.3) is 0 Å². The molecule has 1 spiro atoms. The van der Waals surface area contributed by atoms with Crippen molar-refractivity contribution in [3.05, 3.63) is 18.0 Å². The zero-order valence-electron chi connectivity index (χ0n) is 8.81. The molecule has 1 saturated heterocycles. The Morgan fingerprint density at radius 2 is 2.50 bits per heavy atom. The SMILES string of the molecule is N=CN1Cc2ccnn2CC2(CNSN2)C1. The molecular weight excluding hydrogens is 224 g/mol. The molecule has 0 aliphatic carbocycles. The van der Waals surface area contributed by atoms with E-state index in [1.54, 1.807) is 0 Å². The summed E-state index contributed by atoms with van der Waals surface area (Å²) in [5.41, 5.74) is 1.14. The van der Waals surface area contributed by atoms with E-state index in [-0.39, 0.29) is 5.54 Å². The maximum atomic E-state index is 7.45. The molecule has 0 radical (unpaired) electrons. The Hall–Kier alpha value is -1.05. The average molecular weight is 238 g/mol. The molecule has 0 saturated carbocycles. The van der Waals surface area contributed by atoms with Crippen LogP contribution in [0.3, 0.4) is 0 Å². The number of nitrogens with one attached hydrogen (secondary N) is 3. The highest BCUT2D eigenvalue weighted by atomic mass is 32.2. The van der Waals surface area contributed by atoms with Crippen molar-refractivity contribution in [1.29, 1.82) is 5.41 Å². The van der Waals surface area contributed by atoms with E-state index in [9.17, 15) is 0 Å². The number of aromatic nitrogens is 2. The summed E-state index contributed by atoms with van der Waals surface area (Å²) in [6.45, 7) is 3.33. The maximum absolute atomic E-state index is 7.45. The van der Waals surface area contributed by atoms with Crippen molar-refractivity contribution >= 4 is 18.5 Å². The summed E-state index contributed by atoms with van der Waals surface area (Å²) < 4.78 is 8.68. The van der Waals surface area contributed by atoms with E-state index in [1.807, 2.05) is 21.8 Å². The normalized spacial score (nSPS) is 29.1. The maximum Gasteiger partial charge on any atom is 0.0821 e. The summed E-state index contributed by atoms with van der Waals surface area (Å²) in [5, 5.41) is 11.8. The Kier molecular flexibility index (Phi) is 2.38. The lowest BCUT2D eigenvalue weighted by Crippen LogP contribution is -2.52. The molecule has 0 bridgehead atoms. The Morgan fingerprint density at radius 3 is 3.25 bits per heavy atom. The van der Waals surface area contributed by atoms with Crippen molar-refractivity contribution < 1.29 is 0 Å². The minimum atomic E-state index is -0.0283. The minimum Gasteiger partial charge on any atom is -0.355 e. The standard InChI is InChI=1S/C9H14N6S/c10-7-14-3-8-1-2-11-15(8)6-9(5-14)4-12-16-13-9/h1-2,7,10,12-13H,3-6H2. The third-order valence-corrected chi connectivity index (χ3v) is 3.88. The molecule has 1 atom stereocenters. The number of nitrogens with zero attached hydrogens (tertiary/aromatic N) is 3. The van der Waals surface area contributed by atoms with E-state index in [1.165, 1.54) is 24.2 Å². The van der Waals surface area contributed by atoms with Gasteiger partial charge in [0.2, 0.25) is 0 Å². The minimum absolute atomic E-state index is 0.0283. The molecule has 0 aromatic carbocycles. The van der Waals surface area contributed by atoms with E-state index in [0.717, 1.165) is 26.2 Å². The van der Waals surface area contributed by atoms with Crippen LogP contribution in [0.4, 0.5) is 0 Å². The summed E-state index contributed by atoms with van der Waals surface area (Å²) in [6.07, 6.45) is 3.24. The van der Waals surface area contributed by atoms with Crippen molar-refractivity contribution in [2.24, 2.45) is 0 Å². The molecule has 2 aliphatic rings. The van der Waals surface area contributed by atoms with Gasteiger partial charge >= 0.3 is 0 Å². The molecule has 7 heteroatoms. The first-order valence-corrected chi connectivity index (χ1v) is 6.04. The first-order valence-electron chi connectivity index (χ1n) is 5.23. The van der Waals surface area contributed by atoms with E-state index in [2.05, 4.69) is 14.5 Å². The van der Waals surface area contributed by atoms with E-state index in [0.29, 0.717) is 0 Å². The first kappa shape index (κ1) is 10.1. The van der Waals surface area contributed by atoms with Gasteiger partial charge in [-0.1, -0.05) is 0 Å². The Balaban J connectivity index is 1.96. The third-order valence-electron chi connectivity index (χ3n) is 3.06. The van der Waals surface area contributed by atoms with Gasteiger partial charge in [0, 0.05) is 31.4 Å². The number of rotatable bonds is 1. The van der Waals surface area contributed by atoms with Gasteiger partial charge in [0.15, 0.2) is 0 Å². The molecule has 1 fully saturated rings. The average Bonchev–Trinajstić information content (AvgIpc) is 2.86. The summed E-state index contributed by atoms with van der Waals surface area (Å²) in [7, 11) is 0. The Labute approximate surface area is 98.2 Å². The summed E-state index contributed by atoms with van der Waals surface area (Å²) in [6, 6.07) is 2.02. The summed E-state index contributed by atoms with van der Waals surface area (Å²) >= 11 is 1.54. The third kappa shape index (κ3) is 1.60.